The maximum absolute atomic E-state index is 12.5. The van der Waals surface area contributed by atoms with Gasteiger partial charge in [-0.15, -0.1) is 0 Å². The van der Waals surface area contributed by atoms with Gasteiger partial charge in [-0.05, 0) is 43.3 Å². The number of alkyl halides is 2. The van der Waals surface area contributed by atoms with Gasteiger partial charge in [0.1, 0.15) is 12.0 Å². The van der Waals surface area contributed by atoms with Crippen LogP contribution in [0, 0.1) is 0 Å². The molecule has 7 heteroatoms. The first-order chi connectivity index (χ1) is 11.5. The zero-order valence-electron chi connectivity index (χ0n) is 12.7. The van der Waals surface area contributed by atoms with Crippen LogP contribution in [-0.4, -0.2) is 25.5 Å². The third kappa shape index (κ3) is 4.52. The van der Waals surface area contributed by atoms with Crippen molar-refractivity contribution < 1.29 is 32.6 Å². The maximum atomic E-state index is 12.5. The fourth-order valence-corrected chi connectivity index (χ4v) is 1.90. The van der Waals surface area contributed by atoms with E-state index in [1.54, 1.807) is 13.0 Å². The monoisotopic (exact) mass is 336 g/mol. The Morgan fingerprint density at radius 2 is 1.96 bits per heavy atom. The van der Waals surface area contributed by atoms with Gasteiger partial charge < -0.3 is 14.2 Å². The van der Waals surface area contributed by atoms with Crippen molar-refractivity contribution >= 4 is 12.3 Å². The molecule has 0 heterocycles. The summed E-state index contributed by atoms with van der Waals surface area (Å²) in [5.74, 6) is -0.616. The molecule has 24 heavy (non-hydrogen) atoms. The summed E-state index contributed by atoms with van der Waals surface area (Å²) >= 11 is 0. The van der Waals surface area contributed by atoms with Gasteiger partial charge in [0, 0.05) is 5.56 Å². The third-order valence-electron chi connectivity index (χ3n) is 2.89. The number of aldehydes is 1. The molecule has 0 saturated heterocycles. The molecule has 0 radical (unpaired) electrons. The van der Waals surface area contributed by atoms with Crippen molar-refractivity contribution in [3.8, 4) is 17.2 Å². The molecule has 0 atom stereocenters. The molecular weight excluding hydrogens is 322 g/mol. The van der Waals surface area contributed by atoms with E-state index in [0.717, 1.165) is 0 Å². The zero-order chi connectivity index (χ0) is 17.5. The van der Waals surface area contributed by atoms with Gasteiger partial charge >= 0.3 is 12.6 Å². The number of rotatable bonds is 7. The Kier molecular flexibility index (Phi) is 5.83. The number of hydrogen-bond acceptors (Lipinski definition) is 5. The van der Waals surface area contributed by atoms with Gasteiger partial charge in [-0.3, -0.25) is 4.79 Å². The van der Waals surface area contributed by atoms with Crippen molar-refractivity contribution in [3.05, 3.63) is 53.6 Å². The first-order valence-corrected chi connectivity index (χ1v) is 7.02. The molecule has 0 aliphatic heterocycles. The lowest BCUT2D eigenvalue weighted by molar-refractivity contribution is -0.0510. The molecule has 0 bridgehead atoms. The Bertz CT molecular complexity index is 731. The van der Waals surface area contributed by atoms with Gasteiger partial charge in [-0.1, -0.05) is 6.07 Å². The van der Waals surface area contributed by atoms with E-state index in [2.05, 4.69) is 4.74 Å². The van der Waals surface area contributed by atoms with Crippen LogP contribution in [0.5, 0.6) is 17.2 Å². The SMILES string of the molecule is CCOC(=O)c1cccc(Oc2cc(C=O)ccc2OC(F)F)c1. The van der Waals surface area contributed by atoms with Crippen LogP contribution in [0.1, 0.15) is 27.6 Å². The van der Waals surface area contributed by atoms with Gasteiger partial charge in [-0.25, -0.2) is 4.79 Å². The summed E-state index contributed by atoms with van der Waals surface area (Å²) in [6, 6.07) is 9.82. The lowest BCUT2D eigenvalue weighted by atomic mass is 10.2. The van der Waals surface area contributed by atoms with E-state index in [9.17, 15) is 18.4 Å². The summed E-state index contributed by atoms with van der Waals surface area (Å²) in [4.78, 5) is 22.6. The molecule has 2 rings (SSSR count). The fourth-order valence-electron chi connectivity index (χ4n) is 1.90. The molecule has 0 aromatic heterocycles. The van der Waals surface area contributed by atoms with Gasteiger partial charge in [0.25, 0.3) is 0 Å². The number of esters is 1. The molecule has 126 valence electrons. The Balaban J connectivity index is 2.31. The highest BCUT2D eigenvalue weighted by molar-refractivity contribution is 5.89. The summed E-state index contributed by atoms with van der Waals surface area (Å²) in [6.45, 7) is -1.14. The van der Waals surface area contributed by atoms with E-state index in [4.69, 9.17) is 9.47 Å². The molecule has 0 unspecified atom stereocenters. The second kappa shape index (κ2) is 8.05. The molecule has 0 aliphatic carbocycles. The lowest BCUT2D eigenvalue weighted by Gasteiger charge is -2.13. The summed E-state index contributed by atoms with van der Waals surface area (Å²) in [5, 5.41) is 0. The van der Waals surface area contributed by atoms with Crippen LogP contribution in [-0.2, 0) is 4.74 Å². The molecular formula is C17H14F2O5. The number of ether oxygens (including phenoxy) is 3. The number of benzene rings is 2. The van der Waals surface area contributed by atoms with Crippen molar-refractivity contribution in [3.63, 3.8) is 0 Å². The first-order valence-electron chi connectivity index (χ1n) is 7.02. The first kappa shape index (κ1) is 17.4. The second-order valence-electron chi connectivity index (χ2n) is 4.55. The van der Waals surface area contributed by atoms with E-state index < -0.39 is 12.6 Å². The fraction of sp³-hybridized carbons (Fsp3) is 0.176. The zero-order valence-corrected chi connectivity index (χ0v) is 12.7. The Labute approximate surface area is 136 Å². The third-order valence-corrected chi connectivity index (χ3v) is 2.89. The molecule has 0 aliphatic rings. The number of halogens is 2. The van der Waals surface area contributed by atoms with Gasteiger partial charge in [0.2, 0.25) is 0 Å². The van der Waals surface area contributed by atoms with E-state index in [1.807, 2.05) is 0 Å². The van der Waals surface area contributed by atoms with E-state index >= 15 is 0 Å². The maximum Gasteiger partial charge on any atom is 0.387 e. The Morgan fingerprint density at radius 1 is 1.17 bits per heavy atom. The normalized spacial score (nSPS) is 10.3. The average molecular weight is 336 g/mol. The lowest BCUT2D eigenvalue weighted by Crippen LogP contribution is -2.05. The minimum absolute atomic E-state index is 0.0686. The minimum atomic E-state index is -3.04. The Hall–Kier alpha value is -2.96. The molecule has 2 aromatic rings. The molecule has 0 amide bonds. The quantitative estimate of drug-likeness (QED) is 0.563. The van der Waals surface area contributed by atoms with Crippen LogP contribution in [0.15, 0.2) is 42.5 Å². The van der Waals surface area contributed by atoms with Crippen molar-refractivity contribution in [2.45, 2.75) is 13.5 Å². The van der Waals surface area contributed by atoms with E-state index in [1.165, 1.54) is 36.4 Å². The molecule has 0 fully saturated rings. The van der Waals surface area contributed by atoms with Crippen LogP contribution in [0.2, 0.25) is 0 Å². The highest BCUT2D eigenvalue weighted by Gasteiger charge is 2.14. The van der Waals surface area contributed by atoms with Gasteiger partial charge in [0.05, 0.1) is 12.2 Å². The predicted molar refractivity (Wildman–Crippen MR) is 80.9 cm³/mol. The van der Waals surface area contributed by atoms with Crippen LogP contribution >= 0.6 is 0 Å². The van der Waals surface area contributed by atoms with Crippen molar-refractivity contribution in [1.29, 1.82) is 0 Å². The van der Waals surface area contributed by atoms with Crippen LogP contribution in [0.25, 0.3) is 0 Å². The summed E-state index contributed by atoms with van der Waals surface area (Å²) in [7, 11) is 0. The number of hydrogen-bond donors (Lipinski definition) is 0. The largest absolute Gasteiger partial charge is 0.462 e. The summed E-state index contributed by atoms with van der Waals surface area (Å²) in [6.07, 6.45) is 0.550. The average Bonchev–Trinajstić information content (AvgIpc) is 2.56. The molecule has 0 saturated carbocycles. The molecule has 0 N–H and O–H groups in total. The van der Waals surface area contributed by atoms with Crippen molar-refractivity contribution in [2.24, 2.45) is 0 Å². The smallest absolute Gasteiger partial charge is 0.387 e. The second-order valence-corrected chi connectivity index (χ2v) is 4.55. The highest BCUT2D eigenvalue weighted by atomic mass is 19.3. The van der Waals surface area contributed by atoms with Crippen LogP contribution < -0.4 is 9.47 Å². The van der Waals surface area contributed by atoms with Crippen LogP contribution in [0.3, 0.4) is 0 Å². The number of carbonyl (C=O) groups excluding carboxylic acids is 2. The highest BCUT2D eigenvalue weighted by Crippen LogP contribution is 2.33. The molecule has 0 spiro atoms. The van der Waals surface area contributed by atoms with E-state index in [-0.39, 0.29) is 35.0 Å². The van der Waals surface area contributed by atoms with Crippen molar-refractivity contribution in [1.82, 2.24) is 0 Å². The minimum Gasteiger partial charge on any atom is -0.462 e. The van der Waals surface area contributed by atoms with Crippen molar-refractivity contribution in [2.75, 3.05) is 6.61 Å². The number of carbonyl (C=O) groups is 2. The van der Waals surface area contributed by atoms with E-state index in [0.29, 0.717) is 6.29 Å². The topological polar surface area (TPSA) is 61.8 Å². The van der Waals surface area contributed by atoms with Crippen LogP contribution in [0.4, 0.5) is 8.78 Å². The summed E-state index contributed by atoms with van der Waals surface area (Å²) < 4.78 is 39.7. The predicted octanol–water partition coefficient (Wildman–Crippen LogP) is 4.07. The molecule has 5 nitrogen and oxygen atoms in total. The van der Waals surface area contributed by atoms with Gasteiger partial charge in [-0.2, -0.15) is 8.78 Å². The van der Waals surface area contributed by atoms with Gasteiger partial charge in [0.15, 0.2) is 11.5 Å². The summed E-state index contributed by atoms with van der Waals surface area (Å²) in [5.41, 5.74) is 0.477. The Morgan fingerprint density at radius 3 is 2.62 bits per heavy atom. The molecule has 2 aromatic carbocycles. The standard InChI is InChI=1S/C17H14F2O5/c1-2-22-16(21)12-4-3-5-13(9-12)23-15-8-11(10-20)6-7-14(15)24-17(18)19/h3-10,17H,2H2,1H3.